The van der Waals surface area contributed by atoms with E-state index < -0.39 is 7.82 Å². The highest BCUT2D eigenvalue weighted by atomic mass is 31.2. The zero-order valence-electron chi connectivity index (χ0n) is 13.3. The molecule has 0 aliphatic heterocycles. The maximum absolute atomic E-state index is 11.7. The molecule has 23 heavy (non-hydrogen) atoms. The first-order valence-corrected chi connectivity index (χ1v) is 9.33. The molecule has 1 unspecified atom stereocenters. The largest absolute Gasteiger partial charge is 0.472 e. The lowest BCUT2D eigenvalue weighted by molar-refractivity contribution is 0.147. The van der Waals surface area contributed by atoms with E-state index in [4.69, 9.17) is 9.05 Å². The van der Waals surface area contributed by atoms with E-state index in [1.54, 1.807) is 0 Å². The molecule has 0 aliphatic carbocycles. The molecular formula is C18H23O4P. The molecule has 124 valence electrons. The van der Waals surface area contributed by atoms with Gasteiger partial charge in [-0.2, -0.15) is 0 Å². The first-order chi connectivity index (χ1) is 11.1. The Kier molecular flexibility index (Phi) is 7.00. The van der Waals surface area contributed by atoms with Crippen LogP contribution < -0.4 is 0 Å². The maximum atomic E-state index is 11.7. The summed E-state index contributed by atoms with van der Waals surface area (Å²) in [6, 6.07) is 20.2. The molecule has 4 nitrogen and oxygen atoms in total. The fourth-order valence-electron chi connectivity index (χ4n) is 2.43. The van der Waals surface area contributed by atoms with Gasteiger partial charge in [-0.1, -0.05) is 67.6 Å². The molecule has 0 saturated heterocycles. The summed E-state index contributed by atoms with van der Waals surface area (Å²) in [5.41, 5.74) is 2.31. The summed E-state index contributed by atoms with van der Waals surface area (Å²) in [5, 5.41) is 0. The molecule has 1 atom stereocenters. The zero-order chi connectivity index (χ0) is 16.5. The molecule has 1 N–H and O–H groups in total. The van der Waals surface area contributed by atoms with E-state index in [0.717, 1.165) is 11.1 Å². The molecule has 2 aromatic rings. The summed E-state index contributed by atoms with van der Waals surface area (Å²) >= 11 is 0. The van der Waals surface area contributed by atoms with Gasteiger partial charge in [0.05, 0.1) is 13.2 Å². The van der Waals surface area contributed by atoms with Crippen molar-refractivity contribution < 1.29 is 18.5 Å². The highest BCUT2D eigenvalue weighted by Crippen LogP contribution is 2.44. The van der Waals surface area contributed by atoms with Crippen molar-refractivity contribution in [3.8, 4) is 0 Å². The van der Waals surface area contributed by atoms with E-state index in [1.807, 2.05) is 43.3 Å². The van der Waals surface area contributed by atoms with Gasteiger partial charge in [0.25, 0.3) is 0 Å². The quantitative estimate of drug-likeness (QED) is 0.672. The van der Waals surface area contributed by atoms with Gasteiger partial charge in [-0.15, -0.1) is 0 Å². The van der Waals surface area contributed by atoms with Crippen molar-refractivity contribution in [1.82, 2.24) is 0 Å². The maximum Gasteiger partial charge on any atom is 0.472 e. The van der Waals surface area contributed by atoms with Crippen molar-refractivity contribution in [2.75, 3.05) is 13.2 Å². The van der Waals surface area contributed by atoms with E-state index in [9.17, 15) is 9.46 Å². The SMILES string of the molecule is CCCOP(=O)(O)OCCC(c1ccccc1)c1ccccc1. The van der Waals surface area contributed by atoms with Crippen molar-refractivity contribution in [2.24, 2.45) is 0 Å². The Morgan fingerprint density at radius 1 is 0.913 bits per heavy atom. The predicted octanol–water partition coefficient (Wildman–Crippen LogP) is 4.75. The van der Waals surface area contributed by atoms with Crippen molar-refractivity contribution >= 4 is 7.82 Å². The molecule has 0 radical (unpaired) electrons. The van der Waals surface area contributed by atoms with Crippen molar-refractivity contribution in [2.45, 2.75) is 25.7 Å². The van der Waals surface area contributed by atoms with Crippen LogP contribution >= 0.6 is 7.82 Å². The highest BCUT2D eigenvalue weighted by molar-refractivity contribution is 7.47. The number of phosphoric acid groups is 1. The lowest BCUT2D eigenvalue weighted by Gasteiger charge is -2.19. The first-order valence-electron chi connectivity index (χ1n) is 7.84. The second-order valence-electron chi connectivity index (χ2n) is 5.30. The third kappa shape index (κ3) is 5.92. The van der Waals surface area contributed by atoms with Gasteiger partial charge in [0, 0.05) is 5.92 Å². The second kappa shape index (κ2) is 8.99. The minimum atomic E-state index is -3.95. The topological polar surface area (TPSA) is 55.8 Å². The van der Waals surface area contributed by atoms with Crippen LogP contribution in [0.5, 0.6) is 0 Å². The Morgan fingerprint density at radius 3 is 1.87 bits per heavy atom. The van der Waals surface area contributed by atoms with Crippen LogP contribution in [0.25, 0.3) is 0 Å². The number of hydrogen-bond acceptors (Lipinski definition) is 3. The summed E-state index contributed by atoms with van der Waals surface area (Å²) in [5.74, 6) is 0.114. The van der Waals surface area contributed by atoms with Crippen molar-refractivity contribution in [3.05, 3.63) is 71.8 Å². The zero-order valence-corrected chi connectivity index (χ0v) is 14.2. The third-order valence-electron chi connectivity index (χ3n) is 3.52. The average molecular weight is 334 g/mol. The Morgan fingerprint density at radius 2 is 1.39 bits per heavy atom. The van der Waals surface area contributed by atoms with Gasteiger partial charge in [0.1, 0.15) is 0 Å². The summed E-state index contributed by atoms with van der Waals surface area (Å²) in [6.07, 6.45) is 1.28. The normalized spacial score (nSPS) is 13.9. The number of hydrogen-bond donors (Lipinski definition) is 1. The Balaban J connectivity index is 2.04. The summed E-state index contributed by atoms with van der Waals surface area (Å²) in [7, 11) is -3.95. The van der Waals surface area contributed by atoms with Crippen LogP contribution in [0.2, 0.25) is 0 Å². The predicted molar refractivity (Wildman–Crippen MR) is 91.4 cm³/mol. The van der Waals surface area contributed by atoms with Gasteiger partial charge in [-0.3, -0.25) is 9.05 Å². The van der Waals surface area contributed by atoms with Gasteiger partial charge in [-0.25, -0.2) is 4.57 Å². The molecule has 2 aromatic carbocycles. The third-order valence-corrected chi connectivity index (χ3v) is 4.54. The molecule has 0 aliphatic rings. The molecule has 5 heteroatoms. The van der Waals surface area contributed by atoms with Crippen LogP contribution in [0.1, 0.15) is 36.8 Å². The molecule has 0 aromatic heterocycles. The van der Waals surface area contributed by atoms with Gasteiger partial charge in [0.15, 0.2) is 0 Å². The van der Waals surface area contributed by atoms with E-state index >= 15 is 0 Å². The Labute approximate surface area is 137 Å². The molecule has 0 fully saturated rings. The fraction of sp³-hybridized carbons (Fsp3) is 0.333. The lowest BCUT2D eigenvalue weighted by Crippen LogP contribution is -2.06. The minimum absolute atomic E-state index is 0.114. The molecule has 0 spiro atoms. The van der Waals surface area contributed by atoms with Gasteiger partial charge in [0.2, 0.25) is 0 Å². The second-order valence-corrected chi connectivity index (χ2v) is 6.75. The fourth-order valence-corrected chi connectivity index (χ4v) is 3.25. The van der Waals surface area contributed by atoms with Crippen LogP contribution in [0.15, 0.2) is 60.7 Å². The van der Waals surface area contributed by atoms with Gasteiger partial charge < -0.3 is 4.89 Å². The first kappa shape index (κ1) is 17.9. The van der Waals surface area contributed by atoms with E-state index in [1.165, 1.54) is 0 Å². The van der Waals surface area contributed by atoms with E-state index in [2.05, 4.69) is 24.3 Å². The Bertz CT molecular complexity index is 576. The summed E-state index contributed by atoms with van der Waals surface area (Å²) < 4.78 is 21.7. The van der Waals surface area contributed by atoms with Crippen LogP contribution in [0.3, 0.4) is 0 Å². The molecular weight excluding hydrogens is 311 g/mol. The van der Waals surface area contributed by atoms with Crippen LogP contribution in [-0.2, 0) is 13.6 Å². The standard InChI is InChI=1S/C18H23O4P/c1-2-14-21-23(19,20)22-15-13-18(16-9-5-3-6-10-16)17-11-7-4-8-12-17/h3-12,18H,2,13-15H2,1H3,(H,19,20). The minimum Gasteiger partial charge on any atom is -0.302 e. The molecule has 0 heterocycles. The number of benzene rings is 2. The average Bonchev–Trinajstić information content (AvgIpc) is 2.58. The van der Waals surface area contributed by atoms with E-state index in [-0.39, 0.29) is 19.1 Å². The number of phosphoric ester groups is 1. The van der Waals surface area contributed by atoms with Crippen LogP contribution in [0, 0.1) is 0 Å². The Hall–Kier alpha value is -1.45. The molecule has 2 rings (SSSR count). The molecule has 0 amide bonds. The summed E-state index contributed by atoms with van der Waals surface area (Å²) in [4.78, 5) is 9.61. The van der Waals surface area contributed by atoms with Crippen molar-refractivity contribution in [3.63, 3.8) is 0 Å². The van der Waals surface area contributed by atoms with Crippen molar-refractivity contribution in [1.29, 1.82) is 0 Å². The van der Waals surface area contributed by atoms with Gasteiger partial charge in [-0.05, 0) is 24.0 Å². The highest BCUT2D eigenvalue weighted by Gasteiger charge is 2.22. The molecule has 0 bridgehead atoms. The number of rotatable bonds is 9. The smallest absolute Gasteiger partial charge is 0.302 e. The van der Waals surface area contributed by atoms with E-state index in [0.29, 0.717) is 12.8 Å². The van der Waals surface area contributed by atoms with Gasteiger partial charge >= 0.3 is 7.82 Å². The van der Waals surface area contributed by atoms with Crippen LogP contribution in [-0.4, -0.2) is 18.1 Å². The summed E-state index contributed by atoms with van der Waals surface area (Å²) in [6.45, 7) is 2.25. The molecule has 0 saturated carbocycles. The lowest BCUT2D eigenvalue weighted by atomic mass is 9.89. The monoisotopic (exact) mass is 334 g/mol. The van der Waals surface area contributed by atoms with Crippen LogP contribution in [0.4, 0.5) is 0 Å².